The smallest absolute Gasteiger partial charge is 0.127 e. The van der Waals surface area contributed by atoms with Gasteiger partial charge >= 0.3 is 0 Å². The van der Waals surface area contributed by atoms with E-state index in [9.17, 15) is 0 Å². The van der Waals surface area contributed by atoms with Crippen LogP contribution in [0.2, 0.25) is 12.1 Å². The molecule has 0 amide bonds. The van der Waals surface area contributed by atoms with Crippen LogP contribution in [-0.4, -0.2) is 28.3 Å². The highest BCUT2D eigenvalue weighted by Gasteiger charge is 2.44. The van der Waals surface area contributed by atoms with Crippen LogP contribution >= 0.6 is 0 Å². The molecule has 122 valence electrons. The van der Waals surface area contributed by atoms with Crippen molar-refractivity contribution in [1.82, 2.24) is 0 Å². The van der Waals surface area contributed by atoms with E-state index in [0.29, 0.717) is 6.04 Å². The molecule has 0 aliphatic carbocycles. The Balaban J connectivity index is 2.21. The van der Waals surface area contributed by atoms with Gasteiger partial charge in [-0.1, -0.05) is 41.6 Å². The molecule has 0 atom stereocenters. The highest BCUT2D eigenvalue weighted by molar-refractivity contribution is 7.03. The van der Waals surface area contributed by atoms with Crippen LogP contribution < -0.4 is 25.6 Å². The maximum absolute atomic E-state index is 6.21. The lowest BCUT2D eigenvalue weighted by Crippen LogP contribution is -2.61. The zero-order valence-electron chi connectivity index (χ0n) is 13.9. The fourth-order valence-corrected chi connectivity index (χ4v) is 9.38. The number of hydrogen-bond donors (Lipinski definition) is 1. The lowest BCUT2D eigenvalue weighted by atomic mass is 10.2. The summed E-state index contributed by atoms with van der Waals surface area (Å²) in [5.41, 5.74) is 6.21. The molecule has 1 aliphatic rings. The van der Waals surface area contributed by atoms with E-state index in [-0.39, 0.29) is 0 Å². The van der Waals surface area contributed by atoms with Crippen molar-refractivity contribution in [3.63, 3.8) is 0 Å². The van der Waals surface area contributed by atoms with Gasteiger partial charge in [0.2, 0.25) is 0 Å². The van der Waals surface area contributed by atoms with Gasteiger partial charge in [-0.05, 0) is 37.1 Å². The molecule has 0 unspecified atom stereocenters. The molecule has 0 saturated carbocycles. The molecule has 4 heteroatoms. The summed E-state index contributed by atoms with van der Waals surface area (Å²) in [7, 11) is 1.56. The molecule has 2 aromatic carbocycles. The van der Waals surface area contributed by atoms with Gasteiger partial charge in [0.15, 0.2) is 0 Å². The molecule has 1 heterocycles. The van der Waals surface area contributed by atoms with Gasteiger partial charge in [0, 0.05) is 11.2 Å². The van der Waals surface area contributed by atoms with Crippen molar-refractivity contribution in [2.75, 3.05) is 14.2 Å². The van der Waals surface area contributed by atoms with Crippen LogP contribution in [0.15, 0.2) is 48.5 Å². The third kappa shape index (κ3) is 2.89. The van der Waals surface area contributed by atoms with Crippen molar-refractivity contribution in [3.05, 3.63) is 48.5 Å². The Bertz CT molecular complexity index is 629. The molecular weight excluding hydrogens is 302 g/mol. The molecule has 0 radical (unpaired) electrons. The highest BCUT2D eigenvalue weighted by atomic mass is 28.3. The van der Waals surface area contributed by atoms with Crippen LogP contribution in [0.4, 0.5) is 0 Å². The van der Waals surface area contributed by atoms with Gasteiger partial charge in [-0.25, -0.2) is 0 Å². The van der Waals surface area contributed by atoms with Gasteiger partial charge in [0.1, 0.15) is 19.6 Å². The fourth-order valence-electron chi connectivity index (χ4n) is 3.90. The Morgan fingerprint density at radius 3 is 1.96 bits per heavy atom. The molecule has 3 nitrogen and oxygen atoms in total. The molecule has 0 bridgehead atoms. The van der Waals surface area contributed by atoms with Crippen molar-refractivity contribution in [2.45, 2.75) is 31.0 Å². The van der Waals surface area contributed by atoms with Gasteiger partial charge in [-0.2, -0.15) is 0 Å². The van der Waals surface area contributed by atoms with Crippen molar-refractivity contribution >= 4 is 18.4 Å². The predicted octanol–water partition coefficient (Wildman–Crippen LogP) is 2.39. The summed E-state index contributed by atoms with van der Waals surface area (Å²) >= 11 is 0. The minimum Gasteiger partial charge on any atom is -0.497 e. The maximum Gasteiger partial charge on any atom is 0.127 e. The topological polar surface area (TPSA) is 44.5 Å². The zero-order chi connectivity index (χ0) is 16.3. The largest absolute Gasteiger partial charge is 0.497 e. The van der Waals surface area contributed by atoms with E-state index >= 15 is 0 Å². The van der Waals surface area contributed by atoms with Crippen LogP contribution in [0.25, 0.3) is 0 Å². The number of benzene rings is 2. The molecule has 1 saturated heterocycles. The molecule has 1 aliphatic heterocycles. The second kappa shape index (κ2) is 6.77. The zero-order valence-corrected chi connectivity index (χ0v) is 14.9. The van der Waals surface area contributed by atoms with E-state index in [4.69, 9.17) is 15.2 Å². The Morgan fingerprint density at radius 1 is 0.870 bits per heavy atom. The van der Waals surface area contributed by atoms with Crippen LogP contribution in [0.3, 0.4) is 0 Å². The second-order valence-corrected chi connectivity index (χ2v) is 10.6. The average molecular weight is 328 g/mol. The fraction of sp³-hybridized carbons (Fsp3) is 0.368. The van der Waals surface area contributed by atoms with Crippen LogP contribution in [0, 0.1) is 0 Å². The lowest BCUT2D eigenvalue weighted by Gasteiger charge is -2.39. The second-order valence-electron chi connectivity index (χ2n) is 6.32. The Hall–Kier alpha value is -1.78. The van der Waals surface area contributed by atoms with E-state index in [1.807, 2.05) is 6.07 Å². The minimum absolute atomic E-state index is 0.319. The van der Waals surface area contributed by atoms with Crippen LogP contribution in [-0.2, 0) is 0 Å². The molecule has 3 rings (SSSR count). The Morgan fingerprint density at radius 2 is 1.43 bits per heavy atom. The predicted molar refractivity (Wildman–Crippen MR) is 97.8 cm³/mol. The number of rotatable bonds is 4. The van der Waals surface area contributed by atoms with E-state index < -0.39 is 8.07 Å². The number of ether oxygens (including phenoxy) is 2. The van der Waals surface area contributed by atoms with Gasteiger partial charge < -0.3 is 15.2 Å². The summed E-state index contributed by atoms with van der Waals surface area (Å²) in [6.07, 6.45) is 2.14. The SMILES string of the molecule is COc1cccc(OC)c1[Si]1(c2ccccc2)CCC(N)CC1. The van der Waals surface area contributed by atoms with Crippen LogP contribution in [0.5, 0.6) is 11.5 Å². The monoisotopic (exact) mass is 327 g/mol. The van der Waals surface area contributed by atoms with Crippen molar-refractivity contribution in [2.24, 2.45) is 5.73 Å². The quantitative estimate of drug-likeness (QED) is 0.877. The first-order valence-corrected chi connectivity index (χ1v) is 10.7. The number of hydrogen-bond acceptors (Lipinski definition) is 3. The molecular formula is C19H25NO2Si. The molecule has 0 spiro atoms. The van der Waals surface area contributed by atoms with Gasteiger partial charge in [0.25, 0.3) is 0 Å². The third-order valence-corrected chi connectivity index (χ3v) is 10.3. The van der Waals surface area contributed by atoms with Crippen molar-refractivity contribution < 1.29 is 9.47 Å². The van der Waals surface area contributed by atoms with Gasteiger partial charge in [-0.15, -0.1) is 0 Å². The van der Waals surface area contributed by atoms with Gasteiger partial charge in [0.05, 0.1) is 14.2 Å². The average Bonchev–Trinajstić information content (AvgIpc) is 2.63. The van der Waals surface area contributed by atoms with E-state index in [1.54, 1.807) is 14.2 Å². The van der Waals surface area contributed by atoms with E-state index in [1.165, 1.54) is 10.4 Å². The Kier molecular flexibility index (Phi) is 4.73. The van der Waals surface area contributed by atoms with E-state index in [0.717, 1.165) is 36.4 Å². The molecule has 23 heavy (non-hydrogen) atoms. The van der Waals surface area contributed by atoms with E-state index in [2.05, 4.69) is 42.5 Å². The molecule has 2 N–H and O–H groups in total. The highest BCUT2D eigenvalue weighted by Crippen LogP contribution is 2.33. The lowest BCUT2D eigenvalue weighted by molar-refractivity contribution is 0.399. The Labute approximate surface area is 139 Å². The first-order chi connectivity index (χ1) is 11.2. The summed E-state index contributed by atoms with van der Waals surface area (Å²) in [5, 5.41) is 2.75. The molecule has 1 fully saturated rings. The van der Waals surface area contributed by atoms with Gasteiger partial charge in [-0.3, -0.25) is 0 Å². The van der Waals surface area contributed by atoms with Crippen molar-refractivity contribution in [1.29, 1.82) is 0 Å². The molecule has 0 aromatic heterocycles. The first kappa shape index (κ1) is 16.1. The maximum atomic E-state index is 6.21. The summed E-state index contributed by atoms with van der Waals surface area (Å²) < 4.78 is 11.5. The minimum atomic E-state index is -1.94. The summed E-state index contributed by atoms with van der Waals surface area (Å²) in [6, 6.07) is 19.6. The molecule has 2 aromatic rings. The third-order valence-electron chi connectivity index (χ3n) is 5.12. The summed E-state index contributed by atoms with van der Waals surface area (Å²) in [6.45, 7) is 0. The first-order valence-electron chi connectivity index (χ1n) is 8.24. The summed E-state index contributed by atoms with van der Waals surface area (Å²) in [4.78, 5) is 0. The number of methoxy groups -OCH3 is 2. The van der Waals surface area contributed by atoms with Crippen LogP contribution in [0.1, 0.15) is 12.8 Å². The standard InChI is InChI=1S/C19H25NO2Si/c1-21-17-9-6-10-18(22-2)19(17)23(13-11-15(20)12-14-23)16-7-4-3-5-8-16/h3-10,15H,11-14,20H2,1-2H3. The normalized spacial score (nSPS) is 24.2. The number of nitrogens with two attached hydrogens (primary N) is 1. The summed E-state index contributed by atoms with van der Waals surface area (Å²) in [5.74, 6) is 1.91. The van der Waals surface area contributed by atoms with Crippen molar-refractivity contribution in [3.8, 4) is 11.5 Å².